The number of rotatable bonds is 3. The maximum absolute atomic E-state index is 13.0. The van der Waals surface area contributed by atoms with Crippen LogP contribution >= 0.6 is 9.24 Å². The summed E-state index contributed by atoms with van der Waals surface area (Å²) >= 11 is 0. The highest BCUT2D eigenvalue weighted by atomic mass is 31.0. The number of hydrogen-bond donors (Lipinski definition) is 0. The zero-order chi connectivity index (χ0) is 10.7. The van der Waals surface area contributed by atoms with Crippen LogP contribution in [0.25, 0.3) is 0 Å². The minimum Gasteiger partial charge on any atom is -0.496 e. The monoisotopic (exact) mass is 214 g/mol. The molecule has 0 fully saturated rings. The van der Waals surface area contributed by atoms with Gasteiger partial charge in [0.1, 0.15) is 11.7 Å². The van der Waals surface area contributed by atoms with Crippen LogP contribution in [0, 0.1) is 0 Å². The molecule has 0 spiro atoms. The van der Waals surface area contributed by atoms with Crippen molar-refractivity contribution in [1.29, 1.82) is 0 Å². The highest BCUT2D eigenvalue weighted by Crippen LogP contribution is 2.32. The predicted octanol–water partition coefficient (Wildman–Crippen LogP) is 3.66. The molecule has 14 heavy (non-hydrogen) atoms. The van der Waals surface area contributed by atoms with Gasteiger partial charge in [-0.05, 0) is 29.2 Å². The molecule has 0 aliphatic carbocycles. The molecule has 0 heterocycles. The van der Waals surface area contributed by atoms with Crippen LogP contribution in [0.3, 0.4) is 0 Å². The van der Waals surface area contributed by atoms with Crippen molar-refractivity contribution in [3.05, 3.63) is 29.3 Å². The first kappa shape index (κ1) is 11.5. The van der Waals surface area contributed by atoms with Gasteiger partial charge >= 0.3 is 0 Å². The normalized spacial score (nSPS) is 13.0. The number of benzene rings is 1. The lowest BCUT2D eigenvalue weighted by molar-refractivity contribution is 0.406. The highest BCUT2D eigenvalue weighted by Gasteiger charge is 2.10. The SMILES string of the molecule is COc1ccc(C(F)P)cc1C(C)C. The van der Waals surface area contributed by atoms with Crippen molar-refractivity contribution >= 4 is 9.24 Å². The molecule has 2 atom stereocenters. The van der Waals surface area contributed by atoms with E-state index in [0.717, 1.165) is 11.3 Å². The molecule has 0 bridgehead atoms. The Bertz CT molecular complexity index is 310. The Hall–Kier alpha value is -0.620. The summed E-state index contributed by atoms with van der Waals surface area (Å²) in [6.07, 6.45) is 0. The molecule has 0 saturated heterocycles. The topological polar surface area (TPSA) is 9.23 Å². The second-order valence-electron chi connectivity index (χ2n) is 3.56. The summed E-state index contributed by atoms with van der Waals surface area (Å²) in [5.41, 5.74) is 1.73. The van der Waals surface area contributed by atoms with Crippen LogP contribution in [-0.4, -0.2) is 7.11 Å². The molecule has 1 aromatic carbocycles. The van der Waals surface area contributed by atoms with E-state index in [0.29, 0.717) is 11.5 Å². The third-order valence-electron chi connectivity index (χ3n) is 2.19. The summed E-state index contributed by atoms with van der Waals surface area (Å²) < 4.78 is 18.2. The van der Waals surface area contributed by atoms with Crippen molar-refractivity contribution in [2.75, 3.05) is 7.11 Å². The van der Waals surface area contributed by atoms with E-state index in [1.807, 2.05) is 12.1 Å². The van der Waals surface area contributed by atoms with Gasteiger partial charge in [-0.15, -0.1) is 0 Å². The fourth-order valence-corrected chi connectivity index (χ4v) is 1.58. The van der Waals surface area contributed by atoms with E-state index >= 15 is 0 Å². The molecule has 78 valence electrons. The van der Waals surface area contributed by atoms with E-state index in [1.165, 1.54) is 0 Å². The molecule has 1 nitrogen and oxygen atoms in total. The van der Waals surface area contributed by atoms with Gasteiger partial charge < -0.3 is 4.74 Å². The van der Waals surface area contributed by atoms with E-state index in [9.17, 15) is 4.39 Å². The standard InChI is InChI=1S/C11H16FOP/c1-7(2)9-6-8(11(12)14)4-5-10(9)13-3/h4-7,11H,14H2,1-3H3. The first-order valence-electron chi connectivity index (χ1n) is 4.63. The highest BCUT2D eigenvalue weighted by molar-refractivity contribution is 7.16. The lowest BCUT2D eigenvalue weighted by Gasteiger charge is -2.13. The minimum atomic E-state index is -1.00. The van der Waals surface area contributed by atoms with Gasteiger partial charge in [-0.1, -0.05) is 29.2 Å². The van der Waals surface area contributed by atoms with Gasteiger partial charge in [0.05, 0.1) is 7.11 Å². The van der Waals surface area contributed by atoms with Gasteiger partial charge in [0.2, 0.25) is 0 Å². The summed E-state index contributed by atoms with van der Waals surface area (Å²) in [6, 6.07) is 5.44. The van der Waals surface area contributed by atoms with Gasteiger partial charge in [-0.3, -0.25) is 0 Å². The smallest absolute Gasteiger partial charge is 0.138 e. The van der Waals surface area contributed by atoms with E-state index in [1.54, 1.807) is 13.2 Å². The zero-order valence-corrected chi connectivity index (χ0v) is 9.91. The number of methoxy groups -OCH3 is 1. The third-order valence-corrected chi connectivity index (χ3v) is 2.58. The Balaban J connectivity index is 3.14. The second kappa shape index (κ2) is 4.75. The first-order chi connectivity index (χ1) is 6.56. The van der Waals surface area contributed by atoms with E-state index in [4.69, 9.17) is 4.74 Å². The molecule has 0 saturated carbocycles. The first-order valence-corrected chi connectivity index (χ1v) is 5.30. The van der Waals surface area contributed by atoms with Crippen molar-refractivity contribution in [3.8, 4) is 5.75 Å². The number of ether oxygens (including phenoxy) is 1. The Morgan fingerprint density at radius 2 is 2.00 bits per heavy atom. The predicted molar refractivity (Wildman–Crippen MR) is 60.6 cm³/mol. The van der Waals surface area contributed by atoms with Gasteiger partial charge in [0.15, 0.2) is 0 Å². The molecule has 0 aliphatic heterocycles. The minimum absolute atomic E-state index is 0.341. The molecule has 3 heteroatoms. The van der Waals surface area contributed by atoms with Crippen LogP contribution in [0.15, 0.2) is 18.2 Å². The fourth-order valence-electron chi connectivity index (χ4n) is 1.38. The molecular formula is C11H16FOP. The van der Waals surface area contributed by atoms with Gasteiger partial charge in [-0.2, -0.15) is 0 Å². The molecule has 1 rings (SSSR count). The van der Waals surface area contributed by atoms with Crippen LogP contribution in [0.2, 0.25) is 0 Å². The lowest BCUT2D eigenvalue weighted by Crippen LogP contribution is -1.96. The Kier molecular flexibility index (Phi) is 3.88. The van der Waals surface area contributed by atoms with E-state index in [-0.39, 0.29) is 0 Å². The van der Waals surface area contributed by atoms with Crippen LogP contribution in [0.5, 0.6) is 5.75 Å². The van der Waals surface area contributed by atoms with Crippen LogP contribution in [0.1, 0.15) is 36.8 Å². The Morgan fingerprint density at radius 1 is 1.36 bits per heavy atom. The number of hydrogen-bond acceptors (Lipinski definition) is 1. The second-order valence-corrected chi connectivity index (χ2v) is 4.14. The molecular weight excluding hydrogens is 198 g/mol. The number of halogens is 1. The average molecular weight is 214 g/mol. The number of alkyl halides is 1. The van der Waals surface area contributed by atoms with Crippen molar-refractivity contribution < 1.29 is 9.13 Å². The molecule has 0 N–H and O–H groups in total. The van der Waals surface area contributed by atoms with Crippen LogP contribution in [0.4, 0.5) is 4.39 Å². The maximum Gasteiger partial charge on any atom is 0.138 e. The molecule has 2 unspecified atom stereocenters. The quantitative estimate of drug-likeness (QED) is 0.697. The molecule has 0 aliphatic rings. The van der Waals surface area contributed by atoms with Crippen molar-refractivity contribution in [3.63, 3.8) is 0 Å². The van der Waals surface area contributed by atoms with Crippen LogP contribution < -0.4 is 4.74 Å². The Morgan fingerprint density at radius 3 is 2.43 bits per heavy atom. The summed E-state index contributed by atoms with van der Waals surface area (Å²) in [6.45, 7) is 4.13. The van der Waals surface area contributed by atoms with E-state index in [2.05, 4.69) is 23.1 Å². The largest absolute Gasteiger partial charge is 0.496 e. The van der Waals surface area contributed by atoms with Crippen molar-refractivity contribution in [1.82, 2.24) is 0 Å². The molecule has 0 radical (unpaired) electrons. The molecule has 0 amide bonds. The zero-order valence-electron chi connectivity index (χ0n) is 8.75. The van der Waals surface area contributed by atoms with Crippen molar-refractivity contribution in [2.24, 2.45) is 0 Å². The summed E-state index contributed by atoms with van der Waals surface area (Å²) in [4.78, 5) is 0. The molecule has 0 aromatic heterocycles. The lowest BCUT2D eigenvalue weighted by atomic mass is 10.00. The van der Waals surface area contributed by atoms with Gasteiger partial charge in [0, 0.05) is 0 Å². The molecule has 1 aromatic rings. The van der Waals surface area contributed by atoms with E-state index < -0.39 is 5.91 Å². The van der Waals surface area contributed by atoms with Gasteiger partial charge in [-0.25, -0.2) is 4.39 Å². The Labute approximate surface area is 86.9 Å². The maximum atomic E-state index is 13.0. The summed E-state index contributed by atoms with van der Waals surface area (Å²) in [5, 5.41) is 0. The van der Waals surface area contributed by atoms with Crippen LogP contribution in [-0.2, 0) is 0 Å². The fraction of sp³-hybridized carbons (Fsp3) is 0.455. The third kappa shape index (κ3) is 2.45. The summed E-state index contributed by atoms with van der Waals surface area (Å²) in [5.74, 6) is 0.168. The average Bonchev–Trinajstić information content (AvgIpc) is 2.16. The van der Waals surface area contributed by atoms with Crippen molar-refractivity contribution in [2.45, 2.75) is 25.7 Å². The van der Waals surface area contributed by atoms with Gasteiger partial charge in [0.25, 0.3) is 0 Å². The summed E-state index contributed by atoms with van der Waals surface area (Å²) in [7, 11) is 3.78.